The highest BCUT2D eigenvalue weighted by molar-refractivity contribution is 5.92. The molecule has 1 aromatic heterocycles. The van der Waals surface area contributed by atoms with Crippen LogP contribution in [0.3, 0.4) is 0 Å². The average Bonchev–Trinajstić information content (AvgIpc) is 2.29. The van der Waals surface area contributed by atoms with Gasteiger partial charge in [0.2, 0.25) is 0 Å². The minimum Gasteiger partial charge on any atom is -0.390 e. The van der Waals surface area contributed by atoms with Crippen LogP contribution in [0.5, 0.6) is 0 Å². The molecule has 1 fully saturated rings. The number of carbonyl (C=O) groups excluding carboxylic acids is 1. The molecule has 1 aliphatic heterocycles. The second-order valence-electron chi connectivity index (χ2n) is 4.83. The number of aromatic nitrogens is 2. The molecule has 1 aliphatic rings. The zero-order valence-corrected chi connectivity index (χ0v) is 10.2. The highest BCUT2D eigenvalue weighted by Gasteiger charge is 2.30. The van der Waals surface area contributed by atoms with Crippen LogP contribution in [-0.4, -0.2) is 44.6 Å². The van der Waals surface area contributed by atoms with E-state index in [-0.39, 0.29) is 5.91 Å². The van der Waals surface area contributed by atoms with Crippen molar-refractivity contribution in [3.63, 3.8) is 0 Å². The Morgan fingerprint density at radius 2 is 2.00 bits per heavy atom. The molecule has 92 valence electrons. The van der Waals surface area contributed by atoms with Gasteiger partial charge in [0, 0.05) is 19.3 Å². The first-order valence-electron chi connectivity index (χ1n) is 5.78. The van der Waals surface area contributed by atoms with Crippen LogP contribution < -0.4 is 0 Å². The summed E-state index contributed by atoms with van der Waals surface area (Å²) in [6.45, 7) is 4.78. The van der Waals surface area contributed by atoms with Crippen LogP contribution in [0.1, 0.15) is 35.9 Å². The number of aliphatic hydroxyl groups is 1. The summed E-state index contributed by atoms with van der Waals surface area (Å²) in [6.07, 6.45) is 4.31. The monoisotopic (exact) mass is 235 g/mol. The number of carbonyl (C=O) groups is 1. The maximum atomic E-state index is 12.1. The molecule has 1 saturated heterocycles. The predicted molar refractivity (Wildman–Crippen MR) is 62.5 cm³/mol. The molecular weight excluding hydrogens is 218 g/mol. The van der Waals surface area contributed by atoms with Crippen LogP contribution >= 0.6 is 0 Å². The Balaban J connectivity index is 2.04. The van der Waals surface area contributed by atoms with Gasteiger partial charge < -0.3 is 10.0 Å². The standard InChI is InChI=1S/C12H17N3O2/c1-9-7-14-10(8-13-9)11(16)15-5-3-12(2,17)4-6-15/h7-8,17H,3-6H2,1-2H3. The molecule has 2 heterocycles. The lowest BCUT2D eigenvalue weighted by atomic mass is 9.94. The quantitative estimate of drug-likeness (QED) is 0.781. The second-order valence-corrected chi connectivity index (χ2v) is 4.83. The first kappa shape index (κ1) is 12.0. The molecule has 5 heteroatoms. The average molecular weight is 235 g/mol. The molecule has 0 bridgehead atoms. The summed E-state index contributed by atoms with van der Waals surface area (Å²) < 4.78 is 0. The van der Waals surface area contributed by atoms with Gasteiger partial charge in [-0.1, -0.05) is 0 Å². The van der Waals surface area contributed by atoms with E-state index in [1.54, 1.807) is 18.0 Å². The van der Waals surface area contributed by atoms with Gasteiger partial charge >= 0.3 is 0 Å². The fourth-order valence-electron chi connectivity index (χ4n) is 1.86. The largest absolute Gasteiger partial charge is 0.390 e. The Morgan fingerprint density at radius 1 is 1.35 bits per heavy atom. The van der Waals surface area contributed by atoms with Crippen molar-refractivity contribution in [2.24, 2.45) is 0 Å². The van der Waals surface area contributed by atoms with E-state index in [0.29, 0.717) is 31.6 Å². The molecule has 1 aromatic rings. The molecule has 0 unspecified atom stereocenters. The summed E-state index contributed by atoms with van der Waals surface area (Å²) in [6, 6.07) is 0. The molecule has 2 rings (SSSR count). The van der Waals surface area contributed by atoms with Gasteiger partial charge in [-0.25, -0.2) is 4.98 Å². The summed E-state index contributed by atoms with van der Waals surface area (Å²) in [5.74, 6) is -0.104. The van der Waals surface area contributed by atoms with Gasteiger partial charge in [-0.2, -0.15) is 0 Å². The topological polar surface area (TPSA) is 66.3 Å². The summed E-state index contributed by atoms with van der Waals surface area (Å²) in [4.78, 5) is 21.9. The zero-order chi connectivity index (χ0) is 12.5. The van der Waals surface area contributed by atoms with Crippen LogP contribution in [0.4, 0.5) is 0 Å². The van der Waals surface area contributed by atoms with Crippen molar-refractivity contribution < 1.29 is 9.90 Å². The number of piperidine rings is 1. The predicted octanol–water partition coefficient (Wildman–Crippen LogP) is 0.772. The van der Waals surface area contributed by atoms with E-state index >= 15 is 0 Å². The van der Waals surface area contributed by atoms with E-state index < -0.39 is 5.60 Å². The minimum atomic E-state index is -0.643. The normalized spacial score (nSPS) is 19.1. The lowest BCUT2D eigenvalue weighted by Gasteiger charge is -2.35. The zero-order valence-electron chi connectivity index (χ0n) is 10.2. The van der Waals surface area contributed by atoms with Crippen molar-refractivity contribution >= 4 is 5.91 Å². The van der Waals surface area contributed by atoms with Crippen molar-refractivity contribution in [1.29, 1.82) is 0 Å². The number of hydrogen-bond acceptors (Lipinski definition) is 4. The van der Waals surface area contributed by atoms with Crippen molar-refractivity contribution in [3.8, 4) is 0 Å². The maximum Gasteiger partial charge on any atom is 0.274 e. The van der Waals surface area contributed by atoms with E-state index in [1.807, 2.05) is 6.92 Å². The molecule has 0 radical (unpaired) electrons. The Morgan fingerprint density at radius 3 is 2.53 bits per heavy atom. The summed E-state index contributed by atoms with van der Waals surface area (Å²) >= 11 is 0. The van der Waals surface area contributed by atoms with E-state index in [0.717, 1.165) is 5.69 Å². The summed E-state index contributed by atoms with van der Waals surface area (Å²) in [5.41, 5.74) is 0.524. The van der Waals surface area contributed by atoms with Gasteiger partial charge in [0.05, 0.1) is 17.5 Å². The van der Waals surface area contributed by atoms with E-state index in [1.165, 1.54) is 6.20 Å². The molecule has 1 amide bonds. The molecule has 0 saturated carbocycles. The lowest BCUT2D eigenvalue weighted by molar-refractivity contribution is -0.00220. The third-order valence-corrected chi connectivity index (χ3v) is 3.13. The van der Waals surface area contributed by atoms with Crippen molar-refractivity contribution in [3.05, 3.63) is 23.8 Å². The Hall–Kier alpha value is -1.49. The van der Waals surface area contributed by atoms with Crippen LogP contribution in [-0.2, 0) is 0 Å². The molecular formula is C12H17N3O2. The van der Waals surface area contributed by atoms with Gasteiger partial charge in [-0.3, -0.25) is 9.78 Å². The van der Waals surface area contributed by atoms with Gasteiger partial charge in [0.15, 0.2) is 0 Å². The van der Waals surface area contributed by atoms with Crippen LogP contribution in [0.2, 0.25) is 0 Å². The van der Waals surface area contributed by atoms with Gasteiger partial charge in [-0.05, 0) is 26.7 Å². The molecule has 0 spiro atoms. The first-order valence-corrected chi connectivity index (χ1v) is 5.78. The van der Waals surface area contributed by atoms with E-state index in [9.17, 15) is 9.90 Å². The Kier molecular flexibility index (Phi) is 3.11. The molecule has 1 N–H and O–H groups in total. The number of amides is 1. The van der Waals surface area contributed by atoms with Gasteiger partial charge in [0.25, 0.3) is 5.91 Å². The number of likely N-dealkylation sites (tertiary alicyclic amines) is 1. The fraction of sp³-hybridized carbons (Fsp3) is 0.583. The Labute approximate surface area is 100 Å². The molecule has 0 aliphatic carbocycles. The lowest BCUT2D eigenvalue weighted by Crippen LogP contribution is -2.45. The smallest absolute Gasteiger partial charge is 0.274 e. The van der Waals surface area contributed by atoms with Crippen LogP contribution in [0.25, 0.3) is 0 Å². The number of rotatable bonds is 1. The Bertz CT molecular complexity index is 404. The third kappa shape index (κ3) is 2.79. The van der Waals surface area contributed by atoms with Crippen molar-refractivity contribution in [2.45, 2.75) is 32.3 Å². The minimum absolute atomic E-state index is 0.104. The van der Waals surface area contributed by atoms with Gasteiger partial charge in [-0.15, -0.1) is 0 Å². The molecule has 0 atom stereocenters. The van der Waals surface area contributed by atoms with Crippen LogP contribution in [0, 0.1) is 6.92 Å². The van der Waals surface area contributed by atoms with Gasteiger partial charge in [0.1, 0.15) is 5.69 Å². The summed E-state index contributed by atoms with van der Waals surface area (Å²) in [7, 11) is 0. The first-order chi connectivity index (χ1) is 7.98. The molecule has 5 nitrogen and oxygen atoms in total. The van der Waals surface area contributed by atoms with E-state index in [2.05, 4.69) is 9.97 Å². The SMILES string of the molecule is Cc1cnc(C(=O)N2CCC(C)(O)CC2)cn1. The van der Waals surface area contributed by atoms with Crippen molar-refractivity contribution in [1.82, 2.24) is 14.9 Å². The van der Waals surface area contributed by atoms with E-state index in [4.69, 9.17) is 0 Å². The summed E-state index contributed by atoms with van der Waals surface area (Å²) in [5, 5.41) is 9.82. The molecule has 17 heavy (non-hydrogen) atoms. The molecule has 0 aromatic carbocycles. The maximum absolute atomic E-state index is 12.1. The van der Waals surface area contributed by atoms with Crippen LogP contribution in [0.15, 0.2) is 12.4 Å². The highest BCUT2D eigenvalue weighted by atomic mass is 16.3. The number of hydrogen-bond donors (Lipinski definition) is 1. The third-order valence-electron chi connectivity index (χ3n) is 3.13. The highest BCUT2D eigenvalue weighted by Crippen LogP contribution is 2.21. The fourth-order valence-corrected chi connectivity index (χ4v) is 1.86. The number of nitrogens with zero attached hydrogens (tertiary/aromatic N) is 3. The number of aryl methyl sites for hydroxylation is 1. The second kappa shape index (κ2) is 4.41. The van der Waals surface area contributed by atoms with Crippen molar-refractivity contribution in [2.75, 3.05) is 13.1 Å².